The molecule has 2 aliphatic rings. The molecule has 0 bridgehead atoms. The summed E-state index contributed by atoms with van der Waals surface area (Å²) >= 11 is 0. The second-order valence-corrected chi connectivity index (χ2v) is 7.69. The van der Waals surface area contributed by atoms with Gasteiger partial charge in [-0.2, -0.15) is 0 Å². The fraction of sp³-hybridized carbons (Fsp3) is 0.318. The van der Waals surface area contributed by atoms with E-state index in [0.29, 0.717) is 5.69 Å². The lowest BCUT2D eigenvalue weighted by Gasteiger charge is -2.25. The van der Waals surface area contributed by atoms with E-state index in [-0.39, 0.29) is 37.0 Å². The molecule has 2 aliphatic carbocycles. The molecule has 4 rings (SSSR count). The molecule has 2 amide bonds. The maximum Gasteiger partial charge on any atom is 0.330 e. The number of benzene rings is 2. The molecule has 0 atom stereocenters. The second kappa shape index (κ2) is 7.11. The van der Waals surface area contributed by atoms with Gasteiger partial charge in [0.05, 0.1) is 6.42 Å². The number of anilines is 1. The summed E-state index contributed by atoms with van der Waals surface area (Å²) in [5.74, 6) is -1.18. The Hall–Kier alpha value is -3.15. The Labute approximate surface area is 163 Å². The topological polar surface area (TPSA) is 95.5 Å². The van der Waals surface area contributed by atoms with Crippen molar-refractivity contribution < 1.29 is 19.5 Å². The van der Waals surface area contributed by atoms with Crippen molar-refractivity contribution in [2.45, 2.75) is 37.6 Å². The van der Waals surface area contributed by atoms with Gasteiger partial charge in [-0.05, 0) is 41.7 Å². The highest BCUT2D eigenvalue weighted by atomic mass is 16.4. The van der Waals surface area contributed by atoms with Gasteiger partial charge in [0.25, 0.3) is 0 Å². The monoisotopic (exact) mass is 378 g/mol. The highest BCUT2D eigenvalue weighted by Gasteiger charge is 2.45. The van der Waals surface area contributed by atoms with Crippen LogP contribution in [0.2, 0.25) is 0 Å². The number of carbonyl (C=O) groups is 3. The molecule has 6 nitrogen and oxygen atoms in total. The maximum absolute atomic E-state index is 12.5. The third-order valence-corrected chi connectivity index (χ3v) is 5.43. The predicted octanol–water partition coefficient (Wildman–Crippen LogP) is 2.32. The van der Waals surface area contributed by atoms with Crippen molar-refractivity contribution in [2.75, 3.05) is 5.32 Å². The van der Waals surface area contributed by atoms with E-state index in [4.69, 9.17) is 0 Å². The van der Waals surface area contributed by atoms with E-state index in [1.165, 1.54) is 0 Å². The number of amides is 2. The summed E-state index contributed by atoms with van der Waals surface area (Å²) in [5, 5.41) is 15.4. The minimum Gasteiger partial charge on any atom is -0.479 e. The number of nitrogens with one attached hydrogen (secondary N) is 2. The van der Waals surface area contributed by atoms with Crippen molar-refractivity contribution in [3.8, 4) is 0 Å². The number of carboxylic acids is 1. The van der Waals surface area contributed by atoms with Crippen LogP contribution in [-0.2, 0) is 33.6 Å². The first-order valence-corrected chi connectivity index (χ1v) is 9.46. The van der Waals surface area contributed by atoms with Gasteiger partial charge < -0.3 is 15.7 Å². The molecule has 144 valence electrons. The van der Waals surface area contributed by atoms with Crippen LogP contribution in [0.3, 0.4) is 0 Å². The molecule has 6 heteroatoms. The number of fused-ring (bicyclic) bond motifs is 1. The molecule has 3 N–H and O–H groups in total. The van der Waals surface area contributed by atoms with E-state index in [1.54, 1.807) is 24.3 Å². The van der Waals surface area contributed by atoms with Gasteiger partial charge in [-0.15, -0.1) is 0 Å². The van der Waals surface area contributed by atoms with E-state index in [9.17, 15) is 19.5 Å². The molecule has 0 heterocycles. The van der Waals surface area contributed by atoms with Gasteiger partial charge in [-0.3, -0.25) is 9.59 Å². The standard InChI is InChI=1S/C22H22N2O4/c25-19(11-14-5-9-18(10-6-14)23-20(26)15-7-8-15)24-22(21(27)28)12-16-3-1-2-4-17(16)13-22/h1-6,9-10,15H,7-8,11-13H2,(H,23,26)(H,24,25)(H,27,28). The predicted molar refractivity (Wildman–Crippen MR) is 104 cm³/mol. The molecular formula is C22H22N2O4. The van der Waals surface area contributed by atoms with E-state index < -0.39 is 11.5 Å². The summed E-state index contributed by atoms with van der Waals surface area (Å²) in [6, 6.07) is 14.6. The lowest BCUT2D eigenvalue weighted by atomic mass is 9.95. The summed E-state index contributed by atoms with van der Waals surface area (Å²) in [6.45, 7) is 0. The lowest BCUT2D eigenvalue weighted by Crippen LogP contribution is -2.55. The third-order valence-electron chi connectivity index (χ3n) is 5.43. The molecule has 0 spiro atoms. The lowest BCUT2D eigenvalue weighted by molar-refractivity contribution is -0.147. The van der Waals surface area contributed by atoms with Crippen LogP contribution in [0.25, 0.3) is 0 Å². The van der Waals surface area contributed by atoms with Crippen molar-refractivity contribution in [3.63, 3.8) is 0 Å². The van der Waals surface area contributed by atoms with Crippen molar-refractivity contribution in [3.05, 3.63) is 65.2 Å². The highest BCUT2D eigenvalue weighted by Crippen LogP contribution is 2.31. The highest BCUT2D eigenvalue weighted by molar-refractivity contribution is 5.94. The second-order valence-electron chi connectivity index (χ2n) is 7.69. The Bertz CT molecular complexity index is 907. The van der Waals surface area contributed by atoms with Gasteiger partial charge in [-0.25, -0.2) is 4.79 Å². The SMILES string of the molecule is O=C(Cc1ccc(NC(=O)C2CC2)cc1)NC1(C(=O)O)Cc2ccccc2C1. The summed E-state index contributed by atoms with van der Waals surface area (Å²) in [4.78, 5) is 36.3. The molecule has 2 aromatic carbocycles. The van der Waals surface area contributed by atoms with Crippen LogP contribution in [0.5, 0.6) is 0 Å². The Morgan fingerprint density at radius 2 is 1.57 bits per heavy atom. The van der Waals surface area contributed by atoms with E-state index in [2.05, 4.69) is 10.6 Å². The summed E-state index contributed by atoms with van der Waals surface area (Å²) in [6.07, 6.45) is 2.55. The van der Waals surface area contributed by atoms with Crippen LogP contribution in [-0.4, -0.2) is 28.4 Å². The summed E-state index contributed by atoms with van der Waals surface area (Å²) in [5.41, 5.74) is 2.09. The number of aliphatic carboxylic acids is 1. The van der Waals surface area contributed by atoms with E-state index >= 15 is 0 Å². The van der Waals surface area contributed by atoms with Gasteiger partial charge in [0.15, 0.2) is 0 Å². The largest absolute Gasteiger partial charge is 0.479 e. The van der Waals surface area contributed by atoms with E-state index in [0.717, 1.165) is 29.5 Å². The molecule has 0 saturated heterocycles. The number of carboxylic acid groups (broad SMARTS) is 1. The van der Waals surface area contributed by atoms with Crippen molar-refractivity contribution in [2.24, 2.45) is 5.92 Å². The van der Waals surface area contributed by atoms with Crippen molar-refractivity contribution in [1.82, 2.24) is 5.32 Å². The first-order valence-electron chi connectivity index (χ1n) is 9.46. The molecule has 1 saturated carbocycles. The Kier molecular flexibility index (Phi) is 4.63. The molecule has 2 aromatic rings. The maximum atomic E-state index is 12.5. The molecular weight excluding hydrogens is 356 g/mol. The Morgan fingerprint density at radius 3 is 2.11 bits per heavy atom. The smallest absolute Gasteiger partial charge is 0.330 e. The zero-order valence-corrected chi connectivity index (χ0v) is 15.4. The Morgan fingerprint density at radius 1 is 0.964 bits per heavy atom. The van der Waals surface area contributed by atoms with Crippen molar-refractivity contribution in [1.29, 1.82) is 0 Å². The molecule has 28 heavy (non-hydrogen) atoms. The number of hydrogen-bond donors (Lipinski definition) is 3. The first-order chi connectivity index (χ1) is 13.4. The minimum atomic E-state index is -1.29. The van der Waals surface area contributed by atoms with Crippen molar-refractivity contribution >= 4 is 23.5 Å². The molecule has 0 aliphatic heterocycles. The zero-order chi connectivity index (χ0) is 19.7. The summed E-state index contributed by atoms with van der Waals surface area (Å²) < 4.78 is 0. The summed E-state index contributed by atoms with van der Waals surface area (Å²) in [7, 11) is 0. The van der Waals surface area contributed by atoms with Crippen LogP contribution in [0.4, 0.5) is 5.69 Å². The van der Waals surface area contributed by atoms with Gasteiger partial charge in [0.1, 0.15) is 5.54 Å². The average molecular weight is 378 g/mol. The van der Waals surface area contributed by atoms with E-state index in [1.807, 2.05) is 24.3 Å². The van der Waals surface area contributed by atoms with Crippen LogP contribution >= 0.6 is 0 Å². The molecule has 0 unspecified atom stereocenters. The number of carbonyl (C=O) groups excluding carboxylic acids is 2. The molecule has 0 radical (unpaired) electrons. The van der Waals surface area contributed by atoms with Gasteiger partial charge >= 0.3 is 5.97 Å². The fourth-order valence-corrected chi connectivity index (χ4v) is 3.70. The molecule has 0 aromatic heterocycles. The van der Waals surface area contributed by atoms with Gasteiger partial charge in [-0.1, -0.05) is 36.4 Å². The van der Waals surface area contributed by atoms with Crippen LogP contribution < -0.4 is 10.6 Å². The number of hydrogen-bond acceptors (Lipinski definition) is 3. The van der Waals surface area contributed by atoms with Crippen LogP contribution in [0, 0.1) is 5.92 Å². The normalized spacial score (nSPS) is 16.9. The quantitative estimate of drug-likeness (QED) is 0.719. The average Bonchev–Trinajstić information content (AvgIpc) is 3.44. The third kappa shape index (κ3) is 3.76. The molecule has 1 fully saturated rings. The van der Waals surface area contributed by atoms with Gasteiger partial charge in [0.2, 0.25) is 11.8 Å². The minimum absolute atomic E-state index is 0.0368. The van der Waals surface area contributed by atoms with Crippen LogP contribution in [0.15, 0.2) is 48.5 Å². The van der Waals surface area contributed by atoms with Gasteiger partial charge in [0, 0.05) is 24.4 Å². The first kappa shape index (κ1) is 18.2. The zero-order valence-electron chi connectivity index (χ0n) is 15.4. The Balaban J connectivity index is 1.39. The van der Waals surface area contributed by atoms with Crippen LogP contribution in [0.1, 0.15) is 29.5 Å². The number of rotatable bonds is 6. The fourth-order valence-electron chi connectivity index (χ4n) is 3.70.